The molecule has 12 heavy (non-hydrogen) atoms. The Morgan fingerprint density at radius 3 is 2.92 bits per heavy atom. The first kappa shape index (κ1) is 8.40. The van der Waals surface area contributed by atoms with Crippen molar-refractivity contribution in [2.45, 2.75) is 0 Å². The highest BCUT2D eigenvalue weighted by molar-refractivity contribution is 7.80. The Hall–Kier alpha value is -1.70. The van der Waals surface area contributed by atoms with Crippen molar-refractivity contribution in [3.05, 3.63) is 12.0 Å². The van der Waals surface area contributed by atoms with Gasteiger partial charge in [-0.25, -0.2) is 0 Å². The summed E-state index contributed by atoms with van der Waals surface area (Å²) in [5, 5.41) is 6.39. The molecule has 0 bridgehead atoms. The molecule has 0 fully saturated rings. The van der Waals surface area contributed by atoms with Gasteiger partial charge >= 0.3 is 0 Å². The Kier molecular flexibility index (Phi) is 2.53. The summed E-state index contributed by atoms with van der Waals surface area (Å²) < 4.78 is 4.33. The Morgan fingerprint density at radius 1 is 1.67 bits per heavy atom. The number of thiocarbonyl (C=S) groups is 1. The molecule has 0 aliphatic rings. The number of nitrogens with one attached hydrogen (secondary N) is 2. The molecule has 0 atom stereocenters. The summed E-state index contributed by atoms with van der Waals surface area (Å²) in [5.74, 6) is -0.524. The summed E-state index contributed by atoms with van der Waals surface area (Å²) in [4.78, 5) is 11.0. The lowest BCUT2D eigenvalue weighted by Gasteiger charge is -2.01. The SMILES string of the molecule is NC(=S)NNC(=O)c1conn1. The van der Waals surface area contributed by atoms with Gasteiger partial charge in [0, 0.05) is 5.27 Å². The lowest BCUT2D eigenvalue weighted by molar-refractivity contribution is 0.0938. The van der Waals surface area contributed by atoms with Gasteiger partial charge in [0.2, 0.25) is 0 Å². The minimum atomic E-state index is -0.524. The van der Waals surface area contributed by atoms with Crippen molar-refractivity contribution in [2.75, 3.05) is 0 Å². The van der Waals surface area contributed by atoms with Crippen molar-refractivity contribution in [1.29, 1.82) is 0 Å². The molecular weight excluding hydrogens is 182 g/mol. The Labute approximate surface area is 72.2 Å². The zero-order valence-electron chi connectivity index (χ0n) is 5.77. The van der Waals surface area contributed by atoms with Crippen LogP contribution in [0, 0.1) is 0 Å². The van der Waals surface area contributed by atoms with Gasteiger partial charge in [0.15, 0.2) is 17.1 Å². The zero-order valence-corrected chi connectivity index (χ0v) is 6.59. The van der Waals surface area contributed by atoms with Gasteiger partial charge in [0.05, 0.1) is 0 Å². The van der Waals surface area contributed by atoms with Gasteiger partial charge in [-0.15, -0.1) is 5.10 Å². The highest BCUT2D eigenvalue weighted by Gasteiger charge is 2.08. The molecule has 0 saturated carbocycles. The fraction of sp³-hybridized carbons (Fsp3) is 0. The first-order chi connectivity index (χ1) is 5.70. The van der Waals surface area contributed by atoms with Crippen molar-refractivity contribution in [2.24, 2.45) is 5.73 Å². The molecule has 1 heterocycles. The average Bonchev–Trinajstić information content (AvgIpc) is 2.51. The van der Waals surface area contributed by atoms with E-state index in [0.29, 0.717) is 0 Å². The van der Waals surface area contributed by atoms with Crippen LogP contribution in [0.1, 0.15) is 10.5 Å². The minimum absolute atomic E-state index is 0.0405. The summed E-state index contributed by atoms with van der Waals surface area (Å²) in [6.07, 6.45) is 1.09. The van der Waals surface area contributed by atoms with Gasteiger partial charge in [-0.1, -0.05) is 0 Å². The third kappa shape index (κ3) is 2.16. The van der Waals surface area contributed by atoms with Crippen LogP contribution in [-0.2, 0) is 0 Å². The molecule has 1 rings (SSSR count). The van der Waals surface area contributed by atoms with Gasteiger partial charge in [0.1, 0.15) is 0 Å². The van der Waals surface area contributed by atoms with Crippen LogP contribution >= 0.6 is 12.2 Å². The number of amides is 1. The van der Waals surface area contributed by atoms with Crippen molar-refractivity contribution < 1.29 is 9.32 Å². The molecule has 0 saturated heterocycles. The number of hydrogen-bond acceptors (Lipinski definition) is 5. The fourth-order valence-electron chi connectivity index (χ4n) is 0.446. The van der Waals surface area contributed by atoms with Crippen LogP contribution in [0.4, 0.5) is 0 Å². The van der Waals surface area contributed by atoms with E-state index in [1.54, 1.807) is 0 Å². The fourth-order valence-corrected chi connectivity index (χ4v) is 0.497. The summed E-state index contributed by atoms with van der Waals surface area (Å²) in [6.45, 7) is 0. The highest BCUT2D eigenvalue weighted by atomic mass is 32.1. The number of aromatic nitrogens is 2. The number of nitrogens with two attached hydrogens (primary N) is 1. The molecule has 8 heteroatoms. The quantitative estimate of drug-likeness (QED) is 0.364. The van der Waals surface area contributed by atoms with E-state index in [2.05, 4.69) is 38.0 Å². The van der Waals surface area contributed by atoms with E-state index in [1.165, 1.54) is 0 Å². The lowest BCUT2D eigenvalue weighted by atomic mass is 10.5. The van der Waals surface area contributed by atoms with Gasteiger partial charge in [-0.3, -0.25) is 15.6 Å². The minimum Gasteiger partial charge on any atom is -0.375 e. The zero-order chi connectivity index (χ0) is 8.97. The third-order valence-corrected chi connectivity index (χ3v) is 0.994. The van der Waals surface area contributed by atoms with Crippen LogP contribution in [0.25, 0.3) is 0 Å². The maximum absolute atomic E-state index is 11.0. The smallest absolute Gasteiger partial charge is 0.293 e. The van der Waals surface area contributed by atoms with Gasteiger partial charge in [-0.05, 0) is 12.2 Å². The van der Waals surface area contributed by atoms with Crippen molar-refractivity contribution in [1.82, 2.24) is 21.2 Å². The van der Waals surface area contributed by atoms with Crippen LogP contribution < -0.4 is 16.6 Å². The van der Waals surface area contributed by atoms with Crippen molar-refractivity contribution in [3.63, 3.8) is 0 Å². The second-order valence-corrected chi connectivity index (χ2v) is 2.17. The van der Waals surface area contributed by atoms with Crippen molar-refractivity contribution >= 4 is 23.2 Å². The van der Waals surface area contributed by atoms with Crippen LogP contribution in [0.3, 0.4) is 0 Å². The molecule has 1 amide bonds. The van der Waals surface area contributed by atoms with E-state index < -0.39 is 5.91 Å². The largest absolute Gasteiger partial charge is 0.375 e. The first-order valence-corrected chi connectivity index (χ1v) is 3.24. The van der Waals surface area contributed by atoms with Gasteiger partial charge in [0.25, 0.3) is 5.91 Å². The molecule has 64 valence electrons. The second-order valence-electron chi connectivity index (χ2n) is 1.73. The van der Waals surface area contributed by atoms with E-state index in [4.69, 9.17) is 5.73 Å². The van der Waals surface area contributed by atoms with E-state index in [-0.39, 0.29) is 10.8 Å². The number of carbonyl (C=O) groups is 1. The molecule has 0 unspecified atom stereocenters. The summed E-state index contributed by atoms with van der Waals surface area (Å²) in [5.41, 5.74) is 9.48. The maximum Gasteiger partial charge on any atom is 0.293 e. The molecule has 0 aromatic carbocycles. The molecule has 7 nitrogen and oxygen atoms in total. The standard InChI is InChI=1S/C4H5N5O2S/c5-4(12)8-7-3(10)2-1-11-9-6-2/h1H,(H,7,10)(H3,5,8,12). The lowest BCUT2D eigenvalue weighted by Crippen LogP contribution is -2.44. The van der Waals surface area contributed by atoms with Gasteiger partial charge in [-0.2, -0.15) is 0 Å². The van der Waals surface area contributed by atoms with E-state index in [9.17, 15) is 4.79 Å². The number of hydrazine groups is 1. The van der Waals surface area contributed by atoms with Crippen LogP contribution in [-0.4, -0.2) is 21.4 Å². The maximum atomic E-state index is 11.0. The van der Waals surface area contributed by atoms with E-state index in [1.807, 2.05) is 0 Å². The molecule has 0 aliphatic carbocycles. The van der Waals surface area contributed by atoms with Crippen LogP contribution in [0.15, 0.2) is 10.8 Å². The van der Waals surface area contributed by atoms with Gasteiger partial charge < -0.3 is 10.3 Å². The predicted octanol–water partition coefficient (Wildman–Crippen LogP) is -1.45. The monoisotopic (exact) mass is 187 g/mol. The molecule has 0 radical (unpaired) electrons. The second kappa shape index (κ2) is 3.62. The summed E-state index contributed by atoms with van der Waals surface area (Å²) in [6, 6.07) is 0. The molecule has 0 spiro atoms. The predicted molar refractivity (Wildman–Crippen MR) is 41.7 cm³/mol. The number of rotatable bonds is 1. The third-order valence-electron chi connectivity index (χ3n) is 0.892. The van der Waals surface area contributed by atoms with Crippen molar-refractivity contribution in [3.8, 4) is 0 Å². The molecule has 1 aromatic heterocycles. The highest BCUT2D eigenvalue weighted by Crippen LogP contribution is 1.88. The summed E-state index contributed by atoms with van der Waals surface area (Å²) >= 11 is 4.44. The topological polar surface area (TPSA) is 106 Å². The number of nitrogens with zero attached hydrogens (tertiary/aromatic N) is 2. The van der Waals surface area contributed by atoms with Crippen LogP contribution in [0.5, 0.6) is 0 Å². The summed E-state index contributed by atoms with van der Waals surface area (Å²) in [7, 11) is 0. The Balaban J connectivity index is 2.45. The molecular formula is C4H5N5O2S. The Morgan fingerprint density at radius 2 is 2.42 bits per heavy atom. The molecule has 0 aliphatic heterocycles. The molecule has 4 N–H and O–H groups in total. The number of hydrogen-bond donors (Lipinski definition) is 3. The van der Waals surface area contributed by atoms with E-state index >= 15 is 0 Å². The first-order valence-electron chi connectivity index (χ1n) is 2.83. The average molecular weight is 187 g/mol. The van der Waals surface area contributed by atoms with E-state index in [0.717, 1.165) is 6.26 Å². The Bertz CT molecular complexity index is 284. The molecule has 1 aromatic rings. The normalized spacial score (nSPS) is 9.00. The van der Waals surface area contributed by atoms with Crippen LogP contribution in [0.2, 0.25) is 0 Å². The number of carbonyl (C=O) groups excluding carboxylic acids is 1.